The van der Waals surface area contributed by atoms with Gasteiger partial charge in [-0.2, -0.15) is 0 Å². The summed E-state index contributed by atoms with van der Waals surface area (Å²) in [5.74, 6) is -1.36. The van der Waals surface area contributed by atoms with Gasteiger partial charge in [0, 0.05) is 43.4 Å². The third-order valence-corrected chi connectivity index (χ3v) is 9.08. The van der Waals surface area contributed by atoms with Gasteiger partial charge in [-0.1, -0.05) is 19.4 Å². The Morgan fingerprint density at radius 2 is 2.00 bits per heavy atom. The predicted molar refractivity (Wildman–Crippen MR) is 103 cm³/mol. The van der Waals surface area contributed by atoms with Crippen LogP contribution >= 0.6 is 0 Å². The zero-order chi connectivity index (χ0) is 21.7. The number of hydrogen-bond donors (Lipinski definition) is 1. The molecule has 1 heterocycles. The number of aliphatic hydroxyl groups is 1. The van der Waals surface area contributed by atoms with Crippen molar-refractivity contribution < 1.29 is 33.8 Å². The summed E-state index contributed by atoms with van der Waals surface area (Å²) in [6, 6.07) is 0. The van der Waals surface area contributed by atoms with E-state index in [1.54, 1.807) is 13.0 Å². The Labute approximate surface area is 175 Å². The molecule has 4 aliphatic carbocycles. The summed E-state index contributed by atoms with van der Waals surface area (Å²) >= 11 is 0. The second kappa shape index (κ2) is 5.88. The molecule has 7 nitrogen and oxygen atoms in total. The number of ether oxygens (including phenoxy) is 2. The summed E-state index contributed by atoms with van der Waals surface area (Å²) in [6.07, 6.45) is 4.14. The molecule has 0 amide bonds. The van der Waals surface area contributed by atoms with Crippen LogP contribution in [-0.4, -0.2) is 52.3 Å². The highest BCUT2D eigenvalue weighted by molar-refractivity contribution is 5.96. The van der Waals surface area contributed by atoms with E-state index < -0.39 is 35.0 Å². The third-order valence-electron chi connectivity index (χ3n) is 9.08. The molecular weight excluding hydrogens is 388 g/mol. The van der Waals surface area contributed by atoms with E-state index in [9.17, 15) is 24.3 Å². The van der Waals surface area contributed by atoms with Gasteiger partial charge in [0.05, 0.1) is 6.10 Å². The molecule has 1 aliphatic heterocycles. The molecule has 5 aliphatic rings. The van der Waals surface area contributed by atoms with E-state index in [1.807, 2.05) is 0 Å². The number of Topliss-reactive ketones (excluding diaryl/α,β-unsaturated/α-hetero) is 2. The first-order valence-corrected chi connectivity index (χ1v) is 10.8. The highest BCUT2D eigenvalue weighted by Gasteiger charge is 2.87. The number of epoxide rings is 1. The third kappa shape index (κ3) is 2.18. The Morgan fingerprint density at radius 3 is 2.70 bits per heavy atom. The molecule has 5 rings (SSSR count). The Balaban J connectivity index is 1.53. The summed E-state index contributed by atoms with van der Waals surface area (Å²) in [5, 5.41) is 11.5. The van der Waals surface area contributed by atoms with Crippen molar-refractivity contribution in [3.8, 4) is 0 Å². The summed E-state index contributed by atoms with van der Waals surface area (Å²) in [4.78, 5) is 49.7. The first-order valence-electron chi connectivity index (χ1n) is 10.8. The number of hydrogen-bond acceptors (Lipinski definition) is 7. The van der Waals surface area contributed by atoms with Crippen molar-refractivity contribution in [3.63, 3.8) is 0 Å². The van der Waals surface area contributed by atoms with Gasteiger partial charge in [-0.25, -0.2) is 0 Å². The van der Waals surface area contributed by atoms with Gasteiger partial charge in [0.2, 0.25) is 5.78 Å². The van der Waals surface area contributed by atoms with E-state index in [0.29, 0.717) is 19.3 Å². The molecule has 162 valence electrons. The highest BCUT2D eigenvalue weighted by atomic mass is 16.6. The summed E-state index contributed by atoms with van der Waals surface area (Å²) in [5.41, 5.74) is -2.84. The van der Waals surface area contributed by atoms with Crippen LogP contribution < -0.4 is 0 Å². The van der Waals surface area contributed by atoms with Crippen molar-refractivity contribution in [2.24, 2.45) is 22.7 Å². The molecule has 7 atom stereocenters. The number of esters is 1. The van der Waals surface area contributed by atoms with Crippen LogP contribution in [0.25, 0.3) is 0 Å². The average Bonchev–Trinajstić information content (AvgIpc) is 3.34. The molecule has 7 heteroatoms. The van der Waals surface area contributed by atoms with Crippen LogP contribution in [0.3, 0.4) is 0 Å². The molecule has 0 aromatic heterocycles. The lowest BCUT2D eigenvalue weighted by Gasteiger charge is -2.58. The SMILES string of the molecule is CC(=O)OCC(=O)[C@]1(O)CC2OC23[C@H]2CCC4=CC(=O)CC[C@@]4(C)C2C(=O)C[C@]31C. The van der Waals surface area contributed by atoms with Gasteiger partial charge in [0.1, 0.15) is 17.0 Å². The number of carbonyl (C=O) groups excluding carboxylic acids is 4. The molecule has 3 saturated carbocycles. The molecule has 1 saturated heterocycles. The van der Waals surface area contributed by atoms with Gasteiger partial charge in [0.25, 0.3) is 0 Å². The second-order valence-electron chi connectivity index (χ2n) is 10.3. The number of ketones is 3. The number of allylic oxidation sites excluding steroid dienone is 1. The zero-order valence-electron chi connectivity index (χ0n) is 17.7. The van der Waals surface area contributed by atoms with E-state index in [-0.39, 0.29) is 47.8 Å². The van der Waals surface area contributed by atoms with Crippen molar-refractivity contribution >= 4 is 23.3 Å². The molecule has 0 aromatic carbocycles. The number of rotatable bonds is 3. The standard InChI is InChI=1S/C23H28O7/c1-12(24)29-11-17(27)22(28)10-18-23(30-18)15-5-4-13-8-14(25)6-7-20(13,2)19(15)16(26)9-21(22,23)3/h8,15,18-19,28H,4-7,9-11H2,1-3H3/t15-,18?,19?,20+,21-,22+,23?/m0/s1. The summed E-state index contributed by atoms with van der Waals surface area (Å²) in [7, 11) is 0. The summed E-state index contributed by atoms with van der Waals surface area (Å²) < 4.78 is 11.1. The molecule has 3 unspecified atom stereocenters. The first-order chi connectivity index (χ1) is 14.0. The van der Waals surface area contributed by atoms with Gasteiger partial charge in [-0.15, -0.1) is 0 Å². The van der Waals surface area contributed by atoms with Crippen molar-refractivity contribution in [2.45, 2.75) is 76.6 Å². The Morgan fingerprint density at radius 1 is 1.27 bits per heavy atom. The van der Waals surface area contributed by atoms with E-state index >= 15 is 0 Å². The molecule has 1 N–H and O–H groups in total. The molecule has 1 spiro atoms. The fourth-order valence-electron chi connectivity index (χ4n) is 7.53. The minimum Gasteiger partial charge on any atom is -0.458 e. The zero-order valence-corrected chi connectivity index (χ0v) is 17.7. The van der Waals surface area contributed by atoms with E-state index in [2.05, 4.69) is 6.92 Å². The van der Waals surface area contributed by atoms with Crippen LogP contribution in [0.4, 0.5) is 0 Å². The van der Waals surface area contributed by atoms with Crippen LogP contribution in [0.2, 0.25) is 0 Å². The molecular formula is C23H28O7. The number of carbonyl (C=O) groups is 4. The Bertz CT molecular complexity index is 921. The van der Waals surface area contributed by atoms with Crippen LogP contribution in [0.5, 0.6) is 0 Å². The Kier molecular flexibility index (Phi) is 3.94. The lowest BCUT2D eigenvalue weighted by atomic mass is 9.45. The molecule has 0 bridgehead atoms. The topological polar surface area (TPSA) is 110 Å². The van der Waals surface area contributed by atoms with Crippen LogP contribution in [0, 0.1) is 22.7 Å². The first kappa shape index (κ1) is 20.1. The van der Waals surface area contributed by atoms with Crippen molar-refractivity contribution in [1.29, 1.82) is 0 Å². The summed E-state index contributed by atoms with van der Waals surface area (Å²) in [6.45, 7) is 4.59. The largest absolute Gasteiger partial charge is 0.458 e. The fraction of sp³-hybridized carbons (Fsp3) is 0.739. The molecule has 30 heavy (non-hydrogen) atoms. The van der Waals surface area contributed by atoms with E-state index in [4.69, 9.17) is 9.47 Å². The molecule has 0 radical (unpaired) electrons. The minimum absolute atomic E-state index is 0.0328. The van der Waals surface area contributed by atoms with Crippen LogP contribution in [0.15, 0.2) is 11.6 Å². The van der Waals surface area contributed by atoms with Gasteiger partial charge >= 0.3 is 5.97 Å². The molecule has 0 aromatic rings. The Hall–Kier alpha value is -1.86. The number of fused-ring (bicyclic) bond motifs is 3. The van der Waals surface area contributed by atoms with Gasteiger partial charge in [-0.3, -0.25) is 19.2 Å². The van der Waals surface area contributed by atoms with Crippen LogP contribution in [0.1, 0.15) is 59.3 Å². The van der Waals surface area contributed by atoms with E-state index in [0.717, 1.165) is 12.0 Å². The quantitative estimate of drug-likeness (QED) is 0.551. The normalized spacial score (nSPS) is 48.7. The lowest BCUT2D eigenvalue weighted by molar-refractivity contribution is -0.188. The van der Waals surface area contributed by atoms with E-state index in [1.165, 1.54) is 6.92 Å². The maximum Gasteiger partial charge on any atom is 0.303 e. The fourth-order valence-corrected chi connectivity index (χ4v) is 7.53. The predicted octanol–water partition coefficient (Wildman–Crippen LogP) is 1.69. The van der Waals surface area contributed by atoms with Gasteiger partial charge < -0.3 is 14.6 Å². The van der Waals surface area contributed by atoms with Gasteiger partial charge in [0.15, 0.2) is 12.4 Å². The monoisotopic (exact) mass is 416 g/mol. The van der Waals surface area contributed by atoms with Crippen molar-refractivity contribution in [1.82, 2.24) is 0 Å². The van der Waals surface area contributed by atoms with Crippen molar-refractivity contribution in [3.05, 3.63) is 11.6 Å². The maximum atomic E-state index is 13.6. The van der Waals surface area contributed by atoms with Gasteiger partial charge in [-0.05, 0) is 30.8 Å². The second-order valence-corrected chi connectivity index (χ2v) is 10.3. The van der Waals surface area contributed by atoms with Crippen LogP contribution in [-0.2, 0) is 28.7 Å². The maximum absolute atomic E-state index is 13.6. The van der Waals surface area contributed by atoms with Crippen molar-refractivity contribution in [2.75, 3.05) is 6.61 Å². The molecule has 4 fully saturated rings. The average molecular weight is 416 g/mol. The highest BCUT2D eigenvalue weighted by Crippen LogP contribution is 2.76. The smallest absolute Gasteiger partial charge is 0.303 e. The minimum atomic E-state index is -1.76. The lowest BCUT2D eigenvalue weighted by Crippen LogP contribution is -2.66.